The van der Waals surface area contributed by atoms with Crippen molar-refractivity contribution in [3.05, 3.63) is 0 Å². The molecule has 0 aliphatic carbocycles. The second-order valence-corrected chi connectivity index (χ2v) is 8.40. The fourth-order valence-corrected chi connectivity index (χ4v) is 1.74. The van der Waals surface area contributed by atoms with Crippen molar-refractivity contribution < 1.29 is 0 Å². The SMILES string of the molecule is C1CNC1.CC.CCC(C)C.CCC(C)C.CCCC(CC)CC(C)C. The molecule has 1 nitrogen and oxygen atoms in total. The largest absolute Gasteiger partial charge is 0.317 e. The maximum atomic E-state index is 3.11. The molecule has 0 bridgehead atoms. The molecule has 1 atom stereocenters. The van der Waals surface area contributed by atoms with Crippen molar-refractivity contribution in [2.75, 3.05) is 13.1 Å². The van der Waals surface area contributed by atoms with E-state index in [9.17, 15) is 0 Å². The highest BCUT2D eigenvalue weighted by Gasteiger charge is 2.06. The third kappa shape index (κ3) is 43.9. The quantitative estimate of drug-likeness (QED) is 0.469. The van der Waals surface area contributed by atoms with Crippen LogP contribution in [0.3, 0.4) is 0 Å². The first kappa shape index (κ1) is 33.5. The van der Waals surface area contributed by atoms with Crippen LogP contribution >= 0.6 is 0 Å². The summed E-state index contributed by atoms with van der Waals surface area (Å²) in [5.41, 5.74) is 0. The minimum Gasteiger partial charge on any atom is -0.317 e. The molecule has 1 aliphatic rings. The minimum absolute atomic E-state index is 0.884. The van der Waals surface area contributed by atoms with E-state index in [2.05, 4.69) is 74.6 Å². The number of hydrogen-bond donors (Lipinski definition) is 1. The van der Waals surface area contributed by atoms with Gasteiger partial charge in [0.2, 0.25) is 0 Å². The van der Waals surface area contributed by atoms with Crippen LogP contribution in [0.1, 0.15) is 128 Å². The lowest BCUT2D eigenvalue weighted by atomic mass is 9.91. The van der Waals surface area contributed by atoms with Crippen LogP contribution in [0.15, 0.2) is 0 Å². The Morgan fingerprint density at radius 2 is 0.962 bits per heavy atom. The molecule has 1 heterocycles. The van der Waals surface area contributed by atoms with E-state index >= 15 is 0 Å². The molecule has 0 aromatic carbocycles. The molecule has 0 saturated carbocycles. The molecule has 26 heavy (non-hydrogen) atoms. The smallest absolute Gasteiger partial charge is 0.00368 e. The van der Waals surface area contributed by atoms with Crippen molar-refractivity contribution in [3.8, 4) is 0 Å². The molecule has 0 amide bonds. The van der Waals surface area contributed by atoms with E-state index < -0.39 is 0 Å². The fraction of sp³-hybridized carbons (Fsp3) is 1.00. The Morgan fingerprint density at radius 3 is 1.08 bits per heavy atom. The minimum atomic E-state index is 0.884. The van der Waals surface area contributed by atoms with Gasteiger partial charge in [-0.25, -0.2) is 0 Å². The third-order valence-corrected chi connectivity index (χ3v) is 4.42. The van der Waals surface area contributed by atoms with Gasteiger partial charge in [-0.3, -0.25) is 0 Å². The van der Waals surface area contributed by atoms with E-state index in [-0.39, 0.29) is 0 Å². The predicted molar refractivity (Wildman–Crippen MR) is 127 cm³/mol. The molecule has 1 fully saturated rings. The molecule has 1 unspecified atom stereocenters. The van der Waals surface area contributed by atoms with Gasteiger partial charge in [0.25, 0.3) is 0 Å². The average molecular weight is 374 g/mol. The summed E-state index contributed by atoms with van der Waals surface area (Å²) in [7, 11) is 0. The van der Waals surface area contributed by atoms with Crippen LogP contribution in [0.4, 0.5) is 0 Å². The maximum Gasteiger partial charge on any atom is -0.00368 e. The number of nitrogens with one attached hydrogen (secondary N) is 1. The van der Waals surface area contributed by atoms with E-state index in [4.69, 9.17) is 0 Å². The predicted octanol–water partition coefficient (Wildman–Crippen LogP) is 8.97. The monoisotopic (exact) mass is 373 g/mol. The van der Waals surface area contributed by atoms with Crippen LogP contribution < -0.4 is 5.32 Å². The molecule has 1 N–H and O–H groups in total. The van der Waals surface area contributed by atoms with Crippen molar-refractivity contribution in [1.82, 2.24) is 5.32 Å². The highest BCUT2D eigenvalue weighted by Crippen LogP contribution is 2.19. The van der Waals surface area contributed by atoms with E-state index in [1.165, 1.54) is 58.0 Å². The molecule has 0 aromatic heterocycles. The Labute approximate surface area is 170 Å². The second kappa shape index (κ2) is 29.7. The molecule has 0 aromatic rings. The summed E-state index contributed by atoms with van der Waals surface area (Å²) >= 11 is 0. The van der Waals surface area contributed by atoms with Gasteiger partial charge in [-0.15, -0.1) is 0 Å². The highest BCUT2D eigenvalue weighted by atomic mass is 14.9. The third-order valence-electron chi connectivity index (χ3n) is 4.42. The zero-order valence-electron chi connectivity index (χ0n) is 21.2. The Kier molecular flexibility index (Phi) is 38.3. The molecule has 0 radical (unpaired) electrons. The van der Waals surface area contributed by atoms with Crippen LogP contribution in [-0.4, -0.2) is 13.1 Å². The lowest BCUT2D eigenvalue weighted by Gasteiger charge is -2.15. The maximum absolute atomic E-state index is 3.11. The van der Waals surface area contributed by atoms with Crippen molar-refractivity contribution in [2.24, 2.45) is 23.7 Å². The first-order chi connectivity index (χ1) is 12.2. The molecular weight excluding hydrogens is 314 g/mol. The molecule has 1 heteroatoms. The first-order valence-electron chi connectivity index (χ1n) is 11.9. The summed E-state index contributed by atoms with van der Waals surface area (Å²) in [5.74, 6) is 3.64. The lowest BCUT2D eigenvalue weighted by Crippen LogP contribution is -2.29. The van der Waals surface area contributed by atoms with Crippen molar-refractivity contribution in [1.29, 1.82) is 0 Å². The van der Waals surface area contributed by atoms with Gasteiger partial charge in [-0.05, 0) is 49.6 Å². The van der Waals surface area contributed by atoms with Gasteiger partial charge in [0, 0.05) is 0 Å². The zero-order chi connectivity index (χ0) is 21.4. The first-order valence-corrected chi connectivity index (χ1v) is 11.9. The summed E-state index contributed by atoms with van der Waals surface area (Å²) in [6.07, 6.45) is 9.57. The van der Waals surface area contributed by atoms with Crippen molar-refractivity contribution in [3.63, 3.8) is 0 Å². The average Bonchev–Trinajstić information content (AvgIpc) is 2.55. The van der Waals surface area contributed by atoms with Crippen LogP contribution in [0, 0.1) is 23.7 Å². The number of rotatable bonds is 7. The lowest BCUT2D eigenvalue weighted by molar-refractivity contribution is 0.373. The van der Waals surface area contributed by atoms with E-state index in [0.717, 1.165) is 23.7 Å². The van der Waals surface area contributed by atoms with E-state index in [1.54, 1.807) is 0 Å². The highest BCUT2D eigenvalue weighted by molar-refractivity contribution is 4.58. The van der Waals surface area contributed by atoms with Gasteiger partial charge < -0.3 is 5.32 Å². The zero-order valence-corrected chi connectivity index (χ0v) is 21.2. The van der Waals surface area contributed by atoms with E-state index in [0.29, 0.717) is 0 Å². The fourth-order valence-electron chi connectivity index (χ4n) is 1.74. The Bertz CT molecular complexity index is 180. The Morgan fingerprint density at radius 1 is 0.654 bits per heavy atom. The molecular formula is C25H59N. The topological polar surface area (TPSA) is 12.0 Å². The summed E-state index contributed by atoms with van der Waals surface area (Å²) in [5, 5.41) is 3.11. The van der Waals surface area contributed by atoms with Gasteiger partial charge in [-0.1, -0.05) is 115 Å². The van der Waals surface area contributed by atoms with E-state index in [1.807, 2.05) is 13.8 Å². The summed E-state index contributed by atoms with van der Waals surface area (Å²) in [6, 6.07) is 0. The normalized spacial score (nSPS) is 13.0. The van der Waals surface area contributed by atoms with Crippen LogP contribution in [0.5, 0.6) is 0 Å². The van der Waals surface area contributed by atoms with Crippen LogP contribution in [-0.2, 0) is 0 Å². The molecule has 164 valence electrons. The Hall–Kier alpha value is -0.0400. The number of hydrogen-bond acceptors (Lipinski definition) is 1. The van der Waals surface area contributed by atoms with Crippen LogP contribution in [0.2, 0.25) is 0 Å². The summed E-state index contributed by atoms with van der Waals surface area (Å²) in [6.45, 7) is 29.0. The van der Waals surface area contributed by atoms with Gasteiger partial charge in [0.1, 0.15) is 0 Å². The van der Waals surface area contributed by atoms with Crippen molar-refractivity contribution >= 4 is 0 Å². The van der Waals surface area contributed by atoms with Gasteiger partial charge in [0.05, 0.1) is 0 Å². The van der Waals surface area contributed by atoms with Gasteiger partial charge in [0.15, 0.2) is 0 Å². The molecule has 1 rings (SSSR count). The van der Waals surface area contributed by atoms with Gasteiger partial charge >= 0.3 is 0 Å². The van der Waals surface area contributed by atoms with Crippen LogP contribution in [0.25, 0.3) is 0 Å². The van der Waals surface area contributed by atoms with Gasteiger partial charge in [-0.2, -0.15) is 0 Å². The molecule has 0 spiro atoms. The Balaban J connectivity index is -0.000000128. The summed E-state index contributed by atoms with van der Waals surface area (Å²) < 4.78 is 0. The molecule has 1 saturated heterocycles. The van der Waals surface area contributed by atoms with Crippen molar-refractivity contribution in [2.45, 2.75) is 128 Å². The summed E-state index contributed by atoms with van der Waals surface area (Å²) in [4.78, 5) is 0. The standard InChI is InChI=1S/C10H22.2C5H12.C3H7N.C2H6/c1-5-7-10(6-2)8-9(3)4;2*1-4-5(2)3;1-2-4-3-1;1-2/h9-10H,5-8H2,1-4H3;2*5H,4H2,1-3H3;4H,1-3H2;1-2H3. The second-order valence-electron chi connectivity index (χ2n) is 8.40. The molecule has 1 aliphatic heterocycles.